The molecular weight excluding hydrogens is 250 g/mol. The molecule has 78 valence electrons. The van der Waals surface area contributed by atoms with Crippen LogP contribution in [0.15, 0.2) is 24.3 Å². The molecule has 1 nitrogen and oxygen atoms in total. The third-order valence-electron chi connectivity index (χ3n) is 3.44. The molecule has 2 aromatic rings. The molecule has 15 heavy (non-hydrogen) atoms. The first-order chi connectivity index (χ1) is 7.29. The summed E-state index contributed by atoms with van der Waals surface area (Å²) < 4.78 is 2.35. The van der Waals surface area contributed by atoms with Gasteiger partial charge < -0.3 is 4.57 Å². The topological polar surface area (TPSA) is 4.93 Å². The Hall–Kier alpha value is -0.760. The molecule has 1 heterocycles. The van der Waals surface area contributed by atoms with E-state index >= 15 is 0 Å². The highest BCUT2D eigenvalue weighted by Gasteiger charge is 2.23. The molecule has 1 aliphatic carbocycles. The van der Waals surface area contributed by atoms with E-state index in [0.29, 0.717) is 4.83 Å². The molecule has 1 atom stereocenters. The maximum Gasteiger partial charge on any atom is 0.0551 e. The Bertz CT molecular complexity index is 512. The first-order valence-corrected chi connectivity index (χ1v) is 6.41. The number of hydrogen-bond acceptors (Lipinski definition) is 0. The van der Waals surface area contributed by atoms with E-state index in [1.807, 2.05) is 0 Å². The summed E-state index contributed by atoms with van der Waals surface area (Å²) in [5.41, 5.74) is 4.41. The Labute approximate surface area is 98.2 Å². The maximum atomic E-state index is 3.80. The molecule has 1 unspecified atom stereocenters. The third kappa shape index (κ3) is 1.27. The van der Waals surface area contributed by atoms with E-state index in [0.717, 1.165) is 0 Å². The summed E-state index contributed by atoms with van der Waals surface area (Å²) in [6.45, 7) is 0. The van der Waals surface area contributed by atoms with Crippen LogP contribution in [0.4, 0.5) is 0 Å². The van der Waals surface area contributed by atoms with Gasteiger partial charge in [-0.15, -0.1) is 0 Å². The van der Waals surface area contributed by atoms with Crippen LogP contribution in [-0.4, -0.2) is 4.57 Å². The Morgan fingerprint density at radius 2 is 2.13 bits per heavy atom. The van der Waals surface area contributed by atoms with E-state index < -0.39 is 0 Å². The minimum atomic E-state index is 0.540. The van der Waals surface area contributed by atoms with E-state index in [-0.39, 0.29) is 0 Å². The molecule has 0 saturated heterocycles. The SMILES string of the molecule is Cn1c2c(c3ccccc31)CCCC2Br. The van der Waals surface area contributed by atoms with Crippen LogP contribution in [0.5, 0.6) is 0 Å². The van der Waals surface area contributed by atoms with Crippen molar-refractivity contribution in [2.75, 3.05) is 0 Å². The summed E-state index contributed by atoms with van der Waals surface area (Å²) in [5, 5.41) is 1.44. The predicted octanol–water partition coefficient (Wildman–Crippen LogP) is 3.95. The number of benzene rings is 1. The average molecular weight is 264 g/mol. The summed E-state index contributed by atoms with van der Waals surface area (Å²) in [5.74, 6) is 0. The van der Waals surface area contributed by atoms with Gasteiger partial charge in [-0.1, -0.05) is 34.1 Å². The van der Waals surface area contributed by atoms with Crippen molar-refractivity contribution in [3.63, 3.8) is 0 Å². The van der Waals surface area contributed by atoms with Crippen molar-refractivity contribution in [1.82, 2.24) is 4.57 Å². The van der Waals surface area contributed by atoms with Crippen LogP contribution in [0.3, 0.4) is 0 Å². The number of para-hydroxylation sites is 1. The van der Waals surface area contributed by atoms with E-state index in [2.05, 4.69) is 51.8 Å². The highest BCUT2D eigenvalue weighted by Crippen LogP contribution is 2.40. The Morgan fingerprint density at radius 1 is 1.33 bits per heavy atom. The molecule has 0 bridgehead atoms. The Morgan fingerprint density at radius 3 is 3.00 bits per heavy atom. The van der Waals surface area contributed by atoms with E-state index in [4.69, 9.17) is 0 Å². The molecule has 0 aliphatic heterocycles. The normalized spacial score (nSPS) is 20.5. The van der Waals surface area contributed by atoms with Crippen molar-refractivity contribution in [1.29, 1.82) is 0 Å². The molecule has 1 aliphatic rings. The highest BCUT2D eigenvalue weighted by atomic mass is 79.9. The van der Waals surface area contributed by atoms with Gasteiger partial charge in [-0.2, -0.15) is 0 Å². The lowest BCUT2D eigenvalue weighted by atomic mass is 9.95. The van der Waals surface area contributed by atoms with Crippen LogP contribution in [0, 0.1) is 0 Å². The number of fused-ring (bicyclic) bond motifs is 3. The second-order valence-electron chi connectivity index (χ2n) is 4.30. The van der Waals surface area contributed by atoms with Gasteiger partial charge in [0.1, 0.15) is 0 Å². The fourth-order valence-electron chi connectivity index (χ4n) is 2.75. The number of alkyl halides is 1. The van der Waals surface area contributed by atoms with Crippen LogP contribution >= 0.6 is 15.9 Å². The zero-order chi connectivity index (χ0) is 10.4. The first kappa shape index (κ1) is 9.46. The van der Waals surface area contributed by atoms with Crippen molar-refractivity contribution < 1.29 is 0 Å². The van der Waals surface area contributed by atoms with E-state index in [1.165, 1.54) is 35.9 Å². The molecule has 0 N–H and O–H groups in total. The van der Waals surface area contributed by atoms with Gasteiger partial charge in [0.05, 0.1) is 4.83 Å². The second-order valence-corrected chi connectivity index (χ2v) is 5.41. The average Bonchev–Trinajstić information content (AvgIpc) is 2.55. The number of hydrogen-bond donors (Lipinski definition) is 0. The van der Waals surface area contributed by atoms with Gasteiger partial charge in [0.2, 0.25) is 0 Å². The molecule has 1 aromatic heterocycles. The molecule has 0 amide bonds. The lowest BCUT2D eigenvalue weighted by Crippen LogP contribution is -2.07. The van der Waals surface area contributed by atoms with Crippen LogP contribution < -0.4 is 0 Å². The van der Waals surface area contributed by atoms with E-state index in [9.17, 15) is 0 Å². The monoisotopic (exact) mass is 263 g/mol. The third-order valence-corrected chi connectivity index (χ3v) is 4.33. The predicted molar refractivity (Wildman–Crippen MR) is 67.5 cm³/mol. The van der Waals surface area contributed by atoms with Crippen molar-refractivity contribution >= 4 is 26.8 Å². The van der Waals surface area contributed by atoms with Gasteiger partial charge in [0.15, 0.2) is 0 Å². The van der Waals surface area contributed by atoms with Crippen LogP contribution in [-0.2, 0) is 13.5 Å². The molecule has 3 rings (SSSR count). The first-order valence-electron chi connectivity index (χ1n) is 5.49. The molecular formula is C13H14BrN. The number of aromatic nitrogens is 1. The number of halogens is 1. The Kier molecular flexibility index (Phi) is 2.13. The number of rotatable bonds is 0. The minimum Gasteiger partial charge on any atom is -0.346 e. The van der Waals surface area contributed by atoms with Gasteiger partial charge in [-0.25, -0.2) is 0 Å². The molecule has 0 spiro atoms. The molecule has 0 radical (unpaired) electrons. The van der Waals surface area contributed by atoms with Crippen LogP contribution in [0.25, 0.3) is 10.9 Å². The lowest BCUT2D eigenvalue weighted by Gasteiger charge is -2.19. The van der Waals surface area contributed by atoms with Crippen molar-refractivity contribution in [3.05, 3.63) is 35.5 Å². The van der Waals surface area contributed by atoms with Gasteiger partial charge in [0.25, 0.3) is 0 Å². The number of aryl methyl sites for hydroxylation is 2. The van der Waals surface area contributed by atoms with Crippen molar-refractivity contribution in [3.8, 4) is 0 Å². The fraction of sp³-hybridized carbons (Fsp3) is 0.385. The summed E-state index contributed by atoms with van der Waals surface area (Å²) >= 11 is 3.80. The van der Waals surface area contributed by atoms with Gasteiger partial charge in [-0.3, -0.25) is 0 Å². The molecule has 1 aromatic carbocycles. The summed E-state index contributed by atoms with van der Waals surface area (Å²) in [4.78, 5) is 0.540. The van der Waals surface area contributed by atoms with Crippen LogP contribution in [0.1, 0.15) is 28.9 Å². The minimum absolute atomic E-state index is 0.540. The zero-order valence-electron chi connectivity index (χ0n) is 8.83. The quantitative estimate of drug-likeness (QED) is 0.635. The molecule has 2 heteroatoms. The smallest absolute Gasteiger partial charge is 0.0551 e. The summed E-state index contributed by atoms with van der Waals surface area (Å²) in [7, 11) is 2.18. The standard InChI is InChI=1S/C13H14BrN/c1-15-12-8-3-2-5-9(12)10-6-4-7-11(14)13(10)15/h2-3,5,8,11H,4,6-7H2,1H3. The van der Waals surface area contributed by atoms with Gasteiger partial charge >= 0.3 is 0 Å². The maximum absolute atomic E-state index is 3.80. The second kappa shape index (κ2) is 3.38. The Balaban J connectivity index is 2.40. The van der Waals surface area contributed by atoms with Gasteiger partial charge in [0, 0.05) is 23.6 Å². The number of nitrogens with zero attached hydrogens (tertiary/aromatic N) is 1. The lowest BCUT2D eigenvalue weighted by molar-refractivity contribution is 0.648. The van der Waals surface area contributed by atoms with Crippen LogP contribution in [0.2, 0.25) is 0 Å². The van der Waals surface area contributed by atoms with E-state index in [1.54, 1.807) is 5.56 Å². The summed E-state index contributed by atoms with van der Waals surface area (Å²) in [6.07, 6.45) is 3.80. The summed E-state index contributed by atoms with van der Waals surface area (Å²) in [6, 6.07) is 8.73. The van der Waals surface area contributed by atoms with Crippen molar-refractivity contribution in [2.24, 2.45) is 7.05 Å². The fourth-order valence-corrected chi connectivity index (χ4v) is 3.66. The zero-order valence-corrected chi connectivity index (χ0v) is 10.4. The van der Waals surface area contributed by atoms with Crippen molar-refractivity contribution in [2.45, 2.75) is 24.1 Å². The van der Waals surface area contributed by atoms with Gasteiger partial charge in [-0.05, 0) is 30.9 Å². The molecule has 0 fully saturated rings. The molecule has 0 saturated carbocycles. The highest BCUT2D eigenvalue weighted by molar-refractivity contribution is 9.09. The largest absolute Gasteiger partial charge is 0.346 e.